The van der Waals surface area contributed by atoms with Gasteiger partial charge in [-0.3, -0.25) is 9.97 Å². The summed E-state index contributed by atoms with van der Waals surface area (Å²) in [6, 6.07) is 11.5. The van der Waals surface area contributed by atoms with Gasteiger partial charge in [-0.2, -0.15) is 0 Å². The Kier molecular flexibility index (Phi) is 15.3. The summed E-state index contributed by atoms with van der Waals surface area (Å²) in [4.78, 5) is 37.7. The third-order valence-electron chi connectivity index (χ3n) is 9.81. The summed E-state index contributed by atoms with van der Waals surface area (Å²) in [6.45, 7) is 27.1. The number of ether oxygens (including phenoxy) is 2. The van der Waals surface area contributed by atoms with Crippen molar-refractivity contribution < 1.29 is 23.3 Å². The minimum absolute atomic E-state index is 0.0510. The van der Waals surface area contributed by atoms with Gasteiger partial charge in [-0.15, -0.1) is 0 Å². The molecular weight excluding hydrogens is 701 g/mol. The quantitative estimate of drug-likeness (QED) is 0.244. The average Bonchev–Trinajstić information content (AvgIpc) is 3.54. The third-order valence-corrected chi connectivity index (χ3v) is 11.4. The van der Waals surface area contributed by atoms with Gasteiger partial charge < -0.3 is 25.0 Å². The van der Waals surface area contributed by atoms with Crippen LogP contribution in [0.5, 0.6) is 0 Å². The lowest BCUT2D eigenvalue weighted by atomic mass is 9.91. The molecule has 0 saturated carbocycles. The highest BCUT2D eigenvalue weighted by Crippen LogP contribution is 2.38. The first-order valence-corrected chi connectivity index (χ1v) is 20.7. The van der Waals surface area contributed by atoms with Crippen LogP contribution in [0.3, 0.4) is 0 Å². The molecule has 4 heterocycles. The number of aromatic nitrogens is 2. The molecule has 0 bridgehead atoms. The van der Waals surface area contributed by atoms with Crippen molar-refractivity contribution in [2.45, 2.75) is 168 Å². The molecule has 11 nitrogen and oxygen atoms in total. The first-order valence-electron chi connectivity index (χ1n) is 19.5. The molecule has 0 aliphatic carbocycles. The van der Waals surface area contributed by atoms with Crippen molar-refractivity contribution in [3.05, 3.63) is 60.2 Å². The molecule has 2 saturated heterocycles. The van der Waals surface area contributed by atoms with Crippen molar-refractivity contribution >= 4 is 23.2 Å². The molecule has 4 rings (SSSR count). The van der Waals surface area contributed by atoms with E-state index in [2.05, 4.69) is 42.4 Å². The van der Waals surface area contributed by atoms with E-state index < -0.39 is 22.2 Å². The molecule has 2 fully saturated rings. The molecule has 2 aliphatic heterocycles. The molecule has 2 aromatic rings. The monoisotopic (exact) mass is 771 g/mol. The number of nitrogens with two attached hydrogens (primary N) is 1. The zero-order valence-corrected chi connectivity index (χ0v) is 36.2. The van der Waals surface area contributed by atoms with Gasteiger partial charge in [-0.25, -0.2) is 18.5 Å². The topological polar surface area (TPSA) is 140 Å². The lowest BCUT2D eigenvalue weighted by molar-refractivity contribution is 0.0118. The zero-order valence-electron chi connectivity index (χ0n) is 35.4. The van der Waals surface area contributed by atoms with Gasteiger partial charge in [0.1, 0.15) is 11.2 Å². The second-order valence-corrected chi connectivity index (χ2v) is 21.3. The van der Waals surface area contributed by atoms with E-state index in [1.165, 1.54) is 0 Å². The molecular formula is C42H70N6O5S. The fourth-order valence-electron chi connectivity index (χ4n) is 7.15. The van der Waals surface area contributed by atoms with Crippen LogP contribution in [0.25, 0.3) is 0 Å². The van der Waals surface area contributed by atoms with Crippen LogP contribution in [0, 0.1) is 11.8 Å². The summed E-state index contributed by atoms with van der Waals surface area (Å²) in [5.74, 6) is 0.811. The van der Waals surface area contributed by atoms with Gasteiger partial charge in [0.25, 0.3) is 0 Å². The van der Waals surface area contributed by atoms with Crippen molar-refractivity contribution in [1.82, 2.24) is 24.5 Å². The van der Waals surface area contributed by atoms with E-state index in [-0.39, 0.29) is 40.1 Å². The second kappa shape index (κ2) is 18.2. The summed E-state index contributed by atoms with van der Waals surface area (Å²) in [7, 11) is -1.19. The van der Waals surface area contributed by atoms with E-state index in [0.717, 1.165) is 56.5 Å². The minimum atomic E-state index is -1.19. The number of carbonyl (C=O) groups is 2. The number of hydrogen-bond donors (Lipinski definition) is 2. The highest BCUT2D eigenvalue weighted by atomic mass is 32.2. The molecule has 0 aromatic carbocycles. The third kappa shape index (κ3) is 14.2. The fourth-order valence-corrected chi connectivity index (χ4v) is 8.00. The second-order valence-electron chi connectivity index (χ2n) is 19.3. The Morgan fingerprint density at radius 1 is 0.778 bits per heavy atom. The number of rotatable bonds is 10. The molecule has 0 radical (unpaired) electrons. The van der Waals surface area contributed by atoms with Crippen molar-refractivity contribution in [3.8, 4) is 0 Å². The molecule has 2 aliphatic rings. The molecule has 304 valence electrons. The van der Waals surface area contributed by atoms with Crippen LogP contribution in [0.4, 0.5) is 9.59 Å². The number of pyridine rings is 2. The van der Waals surface area contributed by atoms with Crippen LogP contribution in [0.1, 0.15) is 152 Å². The molecule has 54 heavy (non-hydrogen) atoms. The predicted octanol–water partition coefficient (Wildman–Crippen LogP) is 8.89. The first-order chi connectivity index (χ1) is 24.8. The zero-order chi connectivity index (χ0) is 40.7. The van der Waals surface area contributed by atoms with E-state index in [4.69, 9.17) is 15.2 Å². The number of likely N-dealkylation sites (tertiary alicyclic amines) is 2. The maximum atomic E-state index is 12.7. The summed E-state index contributed by atoms with van der Waals surface area (Å²) in [6.07, 6.45) is 8.56. The van der Waals surface area contributed by atoms with Gasteiger partial charge >= 0.3 is 12.2 Å². The number of carbonyl (C=O) groups excluding carboxylic acids is 2. The lowest BCUT2D eigenvalue weighted by Crippen LogP contribution is -2.45. The Balaban J connectivity index is 0.000000297. The molecule has 2 aromatic heterocycles. The van der Waals surface area contributed by atoms with Gasteiger partial charge in [0.05, 0.1) is 33.2 Å². The van der Waals surface area contributed by atoms with Crippen LogP contribution in [0.15, 0.2) is 48.8 Å². The Labute approximate surface area is 328 Å². The van der Waals surface area contributed by atoms with E-state index in [1.807, 2.05) is 109 Å². The predicted molar refractivity (Wildman–Crippen MR) is 218 cm³/mol. The Morgan fingerprint density at radius 3 is 1.59 bits per heavy atom. The van der Waals surface area contributed by atoms with Gasteiger partial charge in [-0.1, -0.05) is 12.1 Å². The first kappa shape index (κ1) is 45.3. The summed E-state index contributed by atoms with van der Waals surface area (Å²) >= 11 is 0. The number of nitrogens with one attached hydrogen (secondary N) is 1. The van der Waals surface area contributed by atoms with E-state index in [1.54, 1.807) is 12.4 Å². The molecule has 0 spiro atoms. The maximum Gasteiger partial charge on any atom is 0.410 e. The molecule has 12 heteroatoms. The normalized spacial score (nSPS) is 21.4. The van der Waals surface area contributed by atoms with Crippen LogP contribution >= 0.6 is 0 Å². The van der Waals surface area contributed by atoms with Gasteiger partial charge in [0.2, 0.25) is 0 Å². The van der Waals surface area contributed by atoms with Crippen molar-refractivity contribution in [3.63, 3.8) is 0 Å². The highest BCUT2D eigenvalue weighted by Gasteiger charge is 2.44. The lowest BCUT2D eigenvalue weighted by Gasteiger charge is -2.33. The number of amides is 2. The van der Waals surface area contributed by atoms with Gasteiger partial charge in [0, 0.05) is 42.6 Å². The van der Waals surface area contributed by atoms with Crippen molar-refractivity contribution in [1.29, 1.82) is 0 Å². The SMILES string of the molecule is CC(C)(C)OC(=O)N1C[C@@H](CCC(N)c2ccccn2)CC1(C)C.CC(C)(C)OC(=O)N1C[C@@H](CCC(N[S@@](=O)C(C)(C)C)c2ccccn2)CC1(C)C. The van der Waals surface area contributed by atoms with E-state index in [0.29, 0.717) is 18.4 Å². The largest absolute Gasteiger partial charge is 0.444 e. The molecule has 2 amide bonds. The summed E-state index contributed by atoms with van der Waals surface area (Å²) in [5, 5.41) is 0. The van der Waals surface area contributed by atoms with Gasteiger partial charge in [-0.05, 0) is 165 Å². The summed E-state index contributed by atoms with van der Waals surface area (Å²) < 4.78 is 26.8. The smallest absolute Gasteiger partial charge is 0.410 e. The van der Waals surface area contributed by atoms with Crippen LogP contribution in [-0.4, -0.2) is 76.3 Å². The van der Waals surface area contributed by atoms with E-state index in [9.17, 15) is 13.8 Å². The van der Waals surface area contributed by atoms with Crippen LogP contribution in [-0.2, 0) is 20.5 Å². The Hall–Kier alpha value is -3.09. The maximum absolute atomic E-state index is 12.7. The van der Waals surface area contributed by atoms with Gasteiger partial charge in [0.15, 0.2) is 0 Å². The van der Waals surface area contributed by atoms with Crippen molar-refractivity contribution in [2.75, 3.05) is 13.1 Å². The number of nitrogens with zero attached hydrogens (tertiary/aromatic N) is 4. The van der Waals surface area contributed by atoms with Crippen LogP contribution < -0.4 is 10.5 Å². The van der Waals surface area contributed by atoms with Crippen LogP contribution in [0.2, 0.25) is 0 Å². The highest BCUT2D eigenvalue weighted by molar-refractivity contribution is 7.84. The summed E-state index contributed by atoms with van der Waals surface area (Å²) in [5.41, 5.74) is 6.69. The fraction of sp³-hybridized carbons (Fsp3) is 0.714. The standard InChI is InChI=1S/C23H39N3O3S.C19H31N3O2/c1-21(2,3)29-20(27)26-16-17(15-23(26,7)8)12-13-19(18-11-9-10-14-24-18)25-30(28)22(4,5)6;1-18(2,3)24-17(23)22-13-14(12-19(22,4)5)9-10-15(20)16-8-6-7-11-21-16/h9-11,14,17,19,25H,12-13,15-16H2,1-8H3;6-8,11,14-15H,9-10,12-13,20H2,1-5H3/t17-,19?,30-;14-,15?/m00/s1. The Morgan fingerprint density at radius 2 is 1.20 bits per heavy atom. The average molecular weight is 771 g/mol. The van der Waals surface area contributed by atoms with E-state index >= 15 is 0 Å². The Bertz CT molecular complexity index is 1520. The molecule has 5 atom stereocenters. The molecule has 3 N–H and O–H groups in total. The molecule has 2 unspecified atom stereocenters. The number of hydrogen-bond acceptors (Lipinski definition) is 8. The van der Waals surface area contributed by atoms with Crippen molar-refractivity contribution in [2.24, 2.45) is 17.6 Å². The minimum Gasteiger partial charge on any atom is -0.444 e.